The van der Waals surface area contributed by atoms with Crippen LogP contribution in [-0.2, 0) is 0 Å². The Morgan fingerprint density at radius 1 is 1.29 bits per heavy atom. The van der Waals surface area contributed by atoms with Crippen molar-refractivity contribution in [1.82, 2.24) is 9.55 Å². The Balaban J connectivity index is 1.92. The third-order valence-electron chi connectivity index (χ3n) is 4.61. The van der Waals surface area contributed by atoms with Gasteiger partial charge in [0, 0.05) is 11.6 Å². The molecule has 0 amide bonds. The molecular formula is C21H21ClN2O3S. The van der Waals surface area contributed by atoms with Crippen molar-refractivity contribution in [2.24, 2.45) is 0 Å². The van der Waals surface area contributed by atoms with Crippen molar-refractivity contribution < 1.29 is 9.53 Å². The van der Waals surface area contributed by atoms with E-state index in [2.05, 4.69) is 4.98 Å². The Kier molecular flexibility index (Phi) is 6.42. The summed E-state index contributed by atoms with van der Waals surface area (Å²) in [7, 11) is 1.53. The Morgan fingerprint density at radius 2 is 2.04 bits per heavy atom. The molecule has 1 aromatic heterocycles. The van der Waals surface area contributed by atoms with E-state index >= 15 is 0 Å². The zero-order valence-electron chi connectivity index (χ0n) is 15.9. The van der Waals surface area contributed by atoms with Gasteiger partial charge in [0.25, 0.3) is 5.56 Å². The molecule has 0 N–H and O–H groups in total. The van der Waals surface area contributed by atoms with Gasteiger partial charge in [-0.3, -0.25) is 14.2 Å². The first kappa shape index (κ1) is 20.4. The number of para-hydroxylation sites is 1. The van der Waals surface area contributed by atoms with Gasteiger partial charge in [-0.1, -0.05) is 42.4 Å². The number of hydrogen-bond donors (Lipinski definition) is 0. The Hall–Kier alpha value is -2.31. The van der Waals surface area contributed by atoms with Gasteiger partial charge in [0.2, 0.25) is 0 Å². The van der Waals surface area contributed by atoms with Crippen LogP contribution >= 0.6 is 23.4 Å². The molecule has 146 valence electrons. The third-order valence-corrected chi connectivity index (χ3v) is 5.86. The molecular weight excluding hydrogens is 396 g/mol. The lowest BCUT2D eigenvalue weighted by Gasteiger charge is -2.18. The van der Waals surface area contributed by atoms with Crippen LogP contribution in [0, 0.1) is 0 Å². The van der Waals surface area contributed by atoms with Crippen LogP contribution in [0.15, 0.2) is 52.4 Å². The van der Waals surface area contributed by atoms with E-state index in [0.29, 0.717) is 32.4 Å². The fraction of sp³-hybridized carbons (Fsp3) is 0.286. The van der Waals surface area contributed by atoms with Crippen LogP contribution in [-0.4, -0.2) is 28.2 Å². The van der Waals surface area contributed by atoms with Crippen LogP contribution in [0.25, 0.3) is 10.9 Å². The highest BCUT2D eigenvalue weighted by Crippen LogP contribution is 2.27. The van der Waals surface area contributed by atoms with E-state index in [9.17, 15) is 9.59 Å². The van der Waals surface area contributed by atoms with Gasteiger partial charge in [-0.05, 0) is 43.7 Å². The zero-order chi connectivity index (χ0) is 20.3. The topological polar surface area (TPSA) is 61.2 Å². The van der Waals surface area contributed by atoms with E-state index < -0.39 is 0 Å². The molecule has 0 aliphatic carbocycles. The molecule has 2 aromatic carbocycles. The molecule has 0 aliphatic heterocycles. The molecule has 5 nitrogen and oxygen atoms in total. The summed E-state index contributed by atoms with van der Waals surface area (Å²) in [5.74, 6) is 0.587. The number of ether oxygens (including phenoxy) is 1. The minimum absolute atomic E-state index is 0.0161. The highest BCUT2D eigenvalue weighted by Gasteiger charge is 2.17. The highest BCUT2D eigenvalue weighted by molar-refractivity contribution is 7.99. The number of benzene rings is 2. The molecule has 0 spiro atoms. The molecule has 28 heavy (non-hydrogen) atoms. The SMILES string of the molecule is CC[C@@H](C)n1c(SCC(=O)c2ccc(OC)c(Cl)c2)nc2ccccc2c1=O. The van der Waals surface area contributed by atoms with Crippen molar-refractivity contribution in [2.45, 2.75) is 31.5 Å². The van der Waals surface area contributed by atoms with E-state index in [1.54, 1.807) is 28.8 Å². The minimum atomic E-state index is -0.0901. The first-order valence-corrected chi connectivity index (χ1v) is 10.3. The quantitative estimate of drug-likeness (QED) is 0.308. The molecule has 1 heterocycles. The number of thioether (sulfide) groups is 1. The predicted molar refractivity (Wildman–Crippen MR) is 114 cm³/mol. The summed E-state index contributed by atoms with van der Waals surface area (Å²) in [6, 6.07) is 12.2. The number of ketones is 1. The molecule has 1 atom stereocenters. The van der Waals surface area contributed by atoms with Gasteiger partial charge >= 0.3 is 0 Å². The summed E-state index contributed by atoms with van der Waals surface area (Å²) in [6.07, 6.45) is 0.787. The fourth-order valence-electron chi connectivity index (χ4n) is 2.85. The molecule has 3 aromatic rings. The van der Waals surface area contributed by atoms with E-state index in [4.69, 9.17) is 16.3 Å². The standard InChI is InChI=1S/C21H21ClN2O3S/c1-4-13(2)24-20(26)15-7-5-6-8-17(15)23-21(24)28-12-18(25)14-9-10-19(27-3)16(22)11-14/h5-11,13H,4,12H2,1-3H3/t13-/m1/s1. The van der Waals surface area contributed by atoms with Crippen molar-refractivity contribution in [3.05, 3.63) is 63.4 Å². The number of fused-ring (bicyclic) bond motifs is 1. The summed E-state index contributed by atoms with van der Waals surface area (Å²) in [6.45, 7) is 4.00. The number of methoxy groups -OCH3 is 1. The number of carbonyl (C=O) groups is 1. The Bertz CT molecular complexity index is 1080. The summed E-state index contributed by atoms with van der Waals surface area (Å²) in [5.41, 5.74) is 1.05. The van der Waals surface area contributed by atoms with Crippen molar-refractivity contribution in [1.29, 1.82) is 0 Å². The van der Waals surface area contributed by atoms with Crippen molar-refractivity contribution in [3.63, 3.8) is 0 Å². The number of Topliss-reactive ketones (excluding diaryl/α,β-unsaturated/α-hetero) is 1. The number of rotatable bonds is 7. The summed E-state index contributed by atoms with van der Waals surface area (Å²) in [5, 5.41) is 1.52. The largest absolute Gasteiger partial charge is 0.495 e. The molecule has 7 heteroatoms. The van der Waals surface area contributed by atoms with Crippen LogP contribution in [0.2, 0.25) is 5.02 Å². The van der Waals surface area contributed by atoms with Crippen molar-refractivity contribution >= 4 is 40.0 Å². The van der Waals surface area contributed by atoms with E-state index in [0.717, 1.165) is 6.42 Å². The minimum Gasteiger partial charge on any atom is -0.495 e. The maximum atomic E-state index is 13.0. The number of hydrogen-bond acceptors (Lipinski definition) is 5. The molecule has 0 bridgehead atoms. The summed E-state index contributed by atoms with van der Waals surface area (Å²) >= 11 is 7.39. The summed E-state index contributed by atoms with van der Waals surface area (Å²) in [4.78, 5) is 30.2. The predicted octanol–water partition coefficient (Wildman–Crippen LogP) is 5.00. The van der Waals surface area contributed by atoms with Crippen LogP contribution in [0.5, 0.6) is 5.75 Å². The van der Waals surface area contributed by atoms with E-state index in [1.807, 2.05) is 32.0 Å². The second-order valence-electron chi connectivity index (χ2n) is 6.41. The molecule has 0 saturated heterocycles. The average molecular weight is 417 g/mol. The first-order chi connectivity index (χ1) is 13.5. The molecule has 0 fully saturated rings. The second kappa shape index (κ2) is 8.80. The van der Waals surface area contributed by atoms with Crippen LogP contribution in [0.4, 0.5) is 0 Å². The van der Waals surface area contributed by atoms with Crippen LogP contribution in [0.1, 0.15) is 36.7 Å². The van der Waals surface area contributed by atoms with Gasteiger partial charge in [-0.15, -0.1) is 0 Å². The Morgan fingerprint density at radius 3 is 2.71 bits per heavy atom. The lowest BCUT2D eigenvalue weighted by molar-refractivity contribution is 0.102. The first-order valence-electron chi connectivity index (χ1n) is 8.97. The van der Waals surface area contributed by atoms with Crippen molar-refractivity contribution in [3.8, 4) is 5.75 Å². The summed E-state index contributed by atoms with van der Waals surface area (Å²) < 4.78 is 6.80. The van der Waals surface area contributed by atoms with Gasteiger partial charge in [0.15, 0.2) is 10.9 Å². The van der Waals surface area contributed by atoms with Gasteiger partial charge in [-0.2, -0.15) is 0 Å². The van der Waals surface area contributed by atoms with Crippen molar-refractivity contribution in [2.75, 3.05) is 12.9 Å². The maximum absolute atomic E-state index is 13.0. The molecule has 0 saturated carbocycles. The molecule has 3 rings (SSSR count). The number of carbonyl (C=O) groups excluding carboxylic acids is 1. The average Bonchev–Trinajstić information content (AvgIpc) is 2.71. The number of nitrogens with zero attached hydrogens (tertiary/aromatic N) is 2. The zero-order valence-corrected chi connectivity index (χ0v) is 17.5. The second-order valence-corrected chi connectivity index (χ2v) is 7.75. The lowest BCUT2D eigenvalue weighted by Crippen LogP contribution is -2.26. The lowest BCUT2D eigenvalue weighted by atomic mass is 10.1. The van der Waals surface area contributed by atoms with E-state index in [-0.39, 0.29) is 23.1 Å². The van der Waals surface area contributed by atoms with Crippen LogP contribution in [0.3, 0.4) is 0 Å². The van der Waals surface area contributed by atoms with Gasteiger partial charge in [-0.25, -0.2) is 4.98 Å². The third kappa shape index (κ3) is 4.08. The molecule has 0 radical (unpaired) electrons. The van der Waals surface area contributed by atoms with Crippen LogP contribution < -0.4 is 10.3 Å². The maximum Gasteiger partial charge on any atom is 0.262 e. The molecule has 0 unspecified atom stereocenters. The number of halogens is 1. The Labute approximate surface area is 172 Å². The van der Waals surface area contributed by atoms with Gasteiger partial charge < -0.3 is 4.74 Å². The molecule has 0 aliphatic rings. The van der Waals surface area contributed by atoms with E-state index in [1.165, 1.54) is 18.9 Å². The van der Waals surface area contributed by atoms with Gasteiger partial charge in [0.05, 0.1) is 28.8 Å². The smallest absolute Gasteiger partial charge is 0.262 e. The monoisotopic (exact) mass is 416 g/mol. The normalized spacial score (nSPS) is 12.1. The van der Waals surface area contributed by atoms with Gasteiger partial charge in [0.1, 0.15) is 5.75 Å². The number of aromatic nitrogens is 2. The highest BCUT2D eigenvalue weighted by atomic mass is 35.5. The fourth-order valence-corrected chi connectivity index (χ4v) is 4.10.